The molecule has 7 atom stereocenters. The molecule has 0 heterocycles. The third-order valence-corrected chi connectivity index (χ3v) is 10.6. The number of rotatable bonds is 5. The summed E-state index contributed by atoms with van der Waals surface area (Å²) < 4.78 is 6.20. The van der Waals surface area contributed by atoms with E-state index in [9.17, 15) is 9.90 Å². The van der Waals surface area contributed by atoms with E-state index in [-0.39, 0.29) is 11.2 Å². The number of benzene rings is 2. The van der Waals surface area contributed by atoms with E-state index in [0.29, 0.717) is 49.0 Å². The Bertz CT molecular complexity index is 1090. The Morgan fingerprint density at radius 2 is 1.94 bits per heavy atom. The van der Waals surface area contributed by atoms with Crippen LogP contribution in [0.15, 0.2) is 48.5 Å². The molecule has 35 heavy (non-hydrogen) atoms. The van der Waals surface area contributed by atoms with E-state index < -0.39 is 5.60 Å². The molecule has 0 amide bonds. The first-order valence-electron chi connectivity index (χ1n) is 14.0. The highest BCUT2D eigenvalue weighted by molar-refractivity contribution is 5.80. The summed E-state index contributed by atoms with van der Waals surface area (Å²) in [6, 6.07) is 17.2. The first-order chi connectivity index (χ1) is 16.9. The molecule has 1 N–H and O–H groups in total. The summed E-state index contributed by atoms with van der Waals surface area (Å²) >= 11 is 0. The maximum absolute atomic E-state index is 12.4. The molecule has 3 heteroatoms. The van der Waals surface area contributed by atoms with Crippen LogP contribution >= 0.6 is 0 Å². The molecule has 0 aromatic heterocycles. The van der Waals surface area contributed by atoms with Gasteiger partial charge in [0.25, 0.3) is 0 Å². The zero-order valence-corrected chi connectivity index (χ0v) is 21.3. The van der Waals surface area contributed by atoms with Crippen LogP contribution in [0.3, 0.4) is 0 Å². The van der Waals surface area contributed by atoms with E-state index in [2.05, 4.69) is 56.3 Å². The van der Waals surface area contributed by atoms with Crippen LogP contribution in [-0.4, -0.2) is 16.5 Å². The molecule has 6 rings (SSSR count). The highest BCUT2D eigenvalue weighted by Crippen LogP contribution is 2.69. The standard InChI is InChI=1S/C32H40O3/c1-3-7-22-16-23-17-26(35-20-21-8-5-4-6-9-21)12-13-27(23)28-14-15-31(2)29(30(22)28)18-24-10-11-25(33)19-32(24,31)34/h4-6,8-9,12-13,17,22,24,28-30,34H,3,7,10-11,14-16,18-20H2,1-2H3. The van der Waals surface area contributed by atoms with Crippen LogP contribution in [-0.2, 0) is 17.8 Å². The summed E-state index contributed by atoms with van der Waals surface area (Å²) in [7, 11) is 0. The van der Waals surface area contributed by atoms with E-state index in [0.717, 1.165) is 37.9 Å². The van der Waals surface area contributed by atoms with Gasteiger partial charge in [0.15, 0.2) is 0 Å². The summed E-state index contributed by atoms with van der Waals surface area (Å²) in [6.45, 7) is 5.25. The highest BCUT2D eigenvalue weighted by atomic mass is 16.5. The Labute approximate surface area is 210 Å². The van der Waals surface area contributed by atoms with E-state index in [4.69, 9.17) is 4.74 Å². The first-order valence-corrected chi connectivity index (χ1v) is 14.0. The van der Waals surface area contributed by atoms with Crippen molar-refractivity contribution in [3.8, 4) is 5.75 Å². The number of ketones is 1. The third kappa shape index (κ3) is 3.68. The number of hydrogen-bond donors (Lipinski definition) is 1. The summed E-state index contributed by atoms with van der Waals surface area (Å²) in [6.07, 6.45) is 8.75. The Morgan fingerprint density at radius 3 is 2.74 bits per heavy atom. The third-order valence-electron chi connectivity index (χ3n) is 10.6. The maximum atomic E-state index is 12.4. The Morgan fingerprint density at radius 1 is 1.11 bits per heavy atom. The number of carbonyl (C=O) groups is 1. The first kappa shape index (κ1) is 23.3. The molecule has 3 fully saturated rings. The zero-order chi connectivity index (χ0) is 24.2. The number of hydrogen-bond acceptors (Lipinski definition) is 3. The lowest BCUT2D eigenvalue weighted by atomic mass is 9.49. The molecule has 0 saturated heterocycles. The van der Waals surface area contributed by atoms with Gasteiger partial charge in [-0.25, -0.2) is 0 Å². The molecule has 0 radical (unpaired) electrons. The van der Waals surface area contributed by atoms with Crippen molar-refractivity contribution in [2.75, 3.05) is 0 Å². The summed E-state index contributed by atoms with van der Waals surface area (Å²) in [5.41, 5.74) is 3.28. The van der Waals surface area contributed by atoms with Gasteiger partial charge in [0, 0.05) is 18.3 Å². The molecule has 7 unspecified atom stereocenters. The normalized spacial score (nSPS) is 37.7. The van der Waals surface area contributed by atoms with Crippen molar-refractivity contribution < 1.29 is 14.6 Å². The minimum atomic E-state index is -0.788. The SMILES string of the molecule is CCCC1Cc2cc(OCc3ccccc3)ccc2C2CCC3(C)C(CC4CCC(=O)CC43O)C12. The molecule has 0 spiro atoms. The molecular weight excluding hydrogens is 432 g/mol. The van der Waals surface area contributed by atoms with Crippen LogP contribution in [0.5, 0.6) is 5.75 Å². The molecule has 0 aliphatic heterocycles. The van der Waals surface area contributed by atoms with Gasteiger partial charge in [0.05, 0.1) is 5.60 Å². The quantitative estimate of drug-likeness (QED) is 0.517. The fraction of sp³-hybridized carbons (Fsp3) is 0.594. The zero-order valence-electron chi connectivity index (χ0n) is 21.3. The monoisotopic (exact) mass is 472 g/mol. The van der Waals surface area contributed by atoms with Crippen LogP contribution in [0, 0.1) is 29.1 Å². The van der Waals surface area contributed by atoms with Crippen molar-refractivity contribution in [1.82, 2.24) is 0 Å². The molecular formula is C32H40O3. The van der Waals surface area contributed by atoms with Gasteiger partial charge in [-0.3, -0.25) is 4.79 Å². The van der Waals surface area contributed by atoms with Gasteiger partial charge in [-0.1, -0.05) is 63.1 Å². The lowest BCUT2D eigenvalue weighted by Gasteiger charge is -2.56. The van der Waals surface area contributed by atoms with Gasteiger partial charge >= 0.3 is 0 Å². The second kappa shape index (κ2) is 8.76. The topological polar surface area (TPSA) is 46.5 Å². The molecule has 3 saturated carbocycles. The molecule has 3 nitrogen and oxygen atoms in total. The number of fused-ring (bicyclic) bond motifs is 7. The van der Waals surface area contributed by atoms with Crippen molar-refractivity contribution in [3.63, 3.8) is 0 Å². The van der Waals surface area contributed by atoms with E-state index in [1.54, 1.807) is 0 Å². The second-order valence-corrected chi connectivity index (χ2v) is 12.2. The largest absolute Gasteiger partial charge is 0.489 e. The highest BCUT2D eigenvalue weighted by Gasteiger charge is 2.67. The van der Waals surface area contributed by atoms with Crippen molar-refractivity contribution in [2.45, 2.75) is 89.8 Å². The van der Waals surface area contributed by atoms with Gasteiger partial charge in [0.2, 0.25) is 0 Å². The molecule has 4 aliphatic carbocycles. The van der Waals surface area contributed by atoms with Crippen molar-refractivity contribution in [2.24, 2.45) is 29.1 Å². The van der Waals surface area contributed by atoms with Crippen molar-refractivity contribution in [1.29, 1.82) is 0 Å². The Kier molecular flexibility index (Phi) is 5.83. The predicted molar refractivity (Wildman–Crippen MR) is 138 cm³/mol. The van der Waals surface area contributed by atoms with Crippen molar-refractivity contribution in [3.05, 3.63) is 65.2 Å². The van der Waals surface area contributed by atoms with Gasteiger partial charge < -0.3 is 9.84 Å². The number of Topliss-reactive ketones (excluding diaryl/α,β-unsaturated/α-hetero) is 1. The summed E-state index contributed by atoms with van der Waals surface area (Å²) in [5.74, 6) is 3.88. The lowest BCUT2D eigenvalue weighted by molar-refractivity contribution is -0.156. The maximum Gasteiger partial charge on any atom is 0.135 e. The Hall–Kier alpha value is -2.13. The minimum absolute atomic E-state index is 0.128. The van der Waals surface area contributed by atoms with E-state index in [1.807, 2.05) is 6.07 Å². The number of ether oxygens (including phenoxy) is 1. The number of aliphatic hydroxyl groups is 1. The molecule has 2 aromatic carbocycles. The summed E-state index contributed by atoms with van der Waals surface area (Å²) in [5, 5.41) is 12.0. The van der Waals surface area contributed by atoms with E-state index >= 15 is 0 Å². The Balaban J connectivity index is 1.30. The smallest absolute Gasteiger partial charge is 0.135 e. The molecule has 2 aromatic rings. The van der Waals surface area contributed by atoms with Gasteiger partial charge in [0.1, 0.15) is 18.1 Å². The van der Waals surface area contributed by atoms with Crippen LogP contribution in [0.2, 0.25) is 0 Å². The predicted octanol–water partition coefficient (Wildman–Crippen LogP) is 6.86. The van der Waals surface area contributed by atoms with Crippen LogP contribution in [0.4, 0.5) is 0 Å². The van der Waals surface area contributed by atoms with Gasteiger partial charge in [-0.15, -0.1) is 0 Å². The average Bonchev–Trinajstić information content (AvgIpc) is 3.09. The van der Waals surface area contributed by atoms with Crippen LogP contribution < -0.4 is 4.74 Å². The number of carbonyl (C=O) groups excluding carboxylic acids is 1. The fourth-order valence-electron chi connectivity index (χ4n) is 8.94. The average molecular weight is 473 g/mol. The lowest BCUT2D eigenvalue weighted by Crippen LogP contribution is -2.56. The van der Waals surface area contributed by atoms with Gasteiger partial charge in [-0.05, 0) is 90.5 Å². The second-order valence-electron chi connectivity index (χ2n) is 12.2. The molecule has 186 valence electrons. The minimum Gasteiger partial charge on any atom is -0.489 e. The molecule has 0 bridgehead atoms. The fourth-order valence-corrected chi connectivity index (χ4v) is 8.94. The molecule has 4 aliphatic rings. The van der Waals surface area contributed by atoms with E-state index in [1.165, 1.54) is 29.5 Å². The van der Waals surface area contributed by atoms with Gasteiger partial charge in [-0.2, -0.15) is 0 Å². The van der Waals surface area contributed by atoms with Crippen LogP contribution in [0.1, 0.15) is 87.8 Å². The van der Waals surface area contributed by atoms with Crippen LogP contribution in [0.25, 0.3) is 0 Å². The summed E-state index contributed by atoms with van der Waals surface area (Å²) in [4.78, 5) is 12.4. The van der Waals surface area contributed by atoms with Crippen molar-refractivity contribution >= 4 is 5.78 Å².